The summed E-state index contributed by atoms with van der Waals surface area (Å²) in [6, 6.07) is 2.73. The molecule has 0 bridgehead atoms. The van der Waals surface area contributed by atoms with Gasteiger partial charge in [-0.15, -0.1) is 0 Å². The molecule has 1 amide bonds. The number of halogens is 1. The van der Waals surface area contributed by atoms with E-state index < -0.39 is 23.7 Å². The molecule has 0 unspecified atom stereocenters. The van der Waals surface area contributed by atoms with Crippen molar-refractivity contribution >= 4 is 17.6 Å². The van der Waals surface area contributed by atoms with Crippen LogP contribution in [0.1, 0.15) is 24.2 Å². The molecule has 1 aromatic carbocycles. The van der Waals surface area contributed by atoms with Crippen LogP contribution >= 0.6 is 0 Å². The largest absolute Gasteiger partial charge is 0.465 e. The predicted molar refractivity (Wildman–Crippen MR) is 69.2 cm³/mol. The lowest BCUT2D eigenvalue weighted by atomic mass is 10.0. The molecule has 1 rings (SSSR count). The predicted octanol–water partition coefficient (Wildman–Crippen LogP) is 1.53. The Bertz CT molecular complexity index is 489. The average Bonchev–Trinajstić information content (AvgIpc) is 2.38. The summed E-state index contributed by atoms with van der Waals surface area (Å²) in [5.74, 6) is -1.81. The number of hydrogen-bond acceptors (Lipinski definition) is 4. The lowest BCUT2D eigenvalue weighted by Gasteiger charge is -2.16. The van der Waals surface area contributed by atoms with Crippen LogP contribution in [-0.2, 0) is 9.53 Å². The van der Waals surface area contributed by atoms with E-state index >= 15 is 0 Å². The number of ether oxygens (including phenoxy) is 1. The first-order chi connectivity index (χ1) is 8.86. The molecular formula is C13H17FN2O3. The molecule has 0 aliphatic carbocycles. The van der Waals surface area contributed by atoms with Crippen molar-refractivity contribution in [1.29, 1.82) is 0 Å². The molecule has 3 N–H and O–H groups in total. The van der Waals surface area contributed by atoms with Gasteiger partial charge in [0.05, 0.1) is 24.4 Å². The van der Waals surface area contributed by atoms with E-state index in [1.807, 2.05) is 0 Å². The molecule has 0 fully saturated rings. The fourth-order valence-electron chi connectivity index (χ4n) is 1.42. The van der Waals surface area contributed by atoms with E-state index in [0.29, 0.717) is 0 Å². The molecule has 5 nitrogen and oxygen atoms in total. The lowest BCUT2D eigenvalue weighted by Crippen LogP contribution is -2.40. The third-order valence-electron chi connectivity index (χ3n) is 2.67. The number of amides is 1. The number of benzene rings is 1. The second kappa shape index (κ2) is 6.29. The van der Waals surface area contributed by atoms with E-state index in [2.05, 4.69) is 10.1 Å². The van der Waals surface area contributed by atoms with Crippen molar-refractivity contribution < 1.29 is 18.7 Å². The van der Waals surface area contributed by atoms with Gasteiger partial charge < -0.3 is 15.8 Å². The Morgan fingerprint density at radius 1 is 1.37 bits per heavy atom. The van der Waals surface area contributed by atoms with Gasteiger partial charge in [0.1, 0.15) is 5.82 Å². The summed E-state index contributed by atoms with van der Waals surface area (Å²) >= 11 is 0. The maximum atomic E-state index is 13.1. The van der Waals surface area contributed by atoms with Gasteiger partial charge in [-0.25, -0.2) is 9.18 Å². The van der Waals surface area contributed by atoms with Crippen molar-refractivity contribution in [3.05, 3.63) is 29.6 Å². The highest BCUT2D eigenvalue weighted by Gasteiger charge is 2.20. The average molecular weight is 268 g/mol. The molecule has 0 spiro atoms. The Morgan fingerprint density at radius 3 is 2.53 bits per heavy atom. The first-order valence-corrected chi connectivity index (χ1v) is 5.81. The van der Waals surface area contributed by atoms with Crippen LogP contribution in [0.2, 0.25) is 0 Å². The molecule has 0 aliphatic rings. The van der Waals surface area contributed by atoms with Crippen LogP contribution in [0.15, 0.2) is 18.2 Å². The first-order valence-electron chi connectivity index (χ1n) is 5.81. The molecule has 0 saturated heterocycles. The van der Waals surface area contributed by atoms with E-state index in [1.165, 1.54) is 13.2 Å². The molecule has 1 atom stereocenters. The van der Waals surface area contributed by atoms with Crippen LogP contribution in [0.5, 0.6) is 0 Å². The van der Waals surface area contributed by atoms with E-state index in [1.54, 1.807) is 13.8 Å². The highest BCUT2D eigenvalue weighted by Crippen LogP contribution is 2.18. The second-order valence-corrected chi connectivity index (χ2v) is 4.44. The van der Waals surface area contributed by atoms with Gasteiger partial charge in [0.25, 0.3) is 0 Å². The molecule has 0 saturated carbocycles. The third kappa shape index (κ3) is 3.75. The summed E-state index contributed by atoms with van der Waals surface area (Å²) in [6.07, 6.45) is 0. The number of nitrogens with one attached hydrogen (secondary N) is 1. The van der Waals surface area contributed by atoms with Crippen LogP contribution in [0.3, 0.4) is 0 Å². The SMILES string of the molecule is COC(=O)c1cc(F)ccc1NC(=O)[C@@H](N)C(C)C. The third-order valence-corrected chi connectivity index (χ3v) is 2.67. The van der Waals surface area contributed by atoms with Gasteiger partial charge in [-0.3, -0.25) is 4.79 Å². The summed E-state index contributed by atoms with van der Waals surface area (Å²) in [7, 11) is 1.18. The smallest absolute Gasteiger partial charge is 0.340 e. The number of carbonyl (C=O) groups excluding carboxylic acids is 2. The van der Waals surface area contributed by atoms with Gasteiger partial charge in [-0.05, 0) is 24.1 Å². The van der Waals surface area contributed by atoms with Crippen molar-refractivity contribution in [2.75, 3.05) is 12.4 Å². The number of hydrogen-bond donors (Lipinski definition) is 2. The molecular weight excluding hydrogens is 251 g/mol. The molecule has 19 heavy (non-hydrogen) atoms. The van der Waals surface area contributed by atoms with Crippen LogP contribution in [0.25, 0.3) is 0 Å². The Morgan fingerprint density at radius 2 is 2.00 bits per heavy atom. The number of rotatable bonds is 4. The molecule has 0 aromatic heterocycles. The van der Waals surface area contributed by atoms with Gasteiger partial charge in [0.15, 0.2) is 0 Å². The minimum Gasteiger partial charge on any atom is -0.465 e. The van der Waals surface area contributed by atoms with Gasteiger partial charge in [0, 0.05) is 0 Å². The van der Waals surface area contributed by atoms with Gasteiger partial charge in [0.2, 0.25) is 5.91 Å². The van der Waals surface area contributed by atoms with Crippen molar-refractivity contribution in [2.24, 2.45) is 11.7 Å². The zero-order valence-electron chi connectivity index (χ0n) is 11.1. The Balaban J connectivity index is 3.01. The minimum absolute atomic E-state index is 0.0493. The molecule has 1 aromatic rings. The maximum absolute atomic E-state index is 13.1. The Labute approximate surface area is 110 Å². The first kappa shape index (κ1) is 15.1. The number of carbonyl (C=O) groups is 2. The van der Waals surface area contributed by atoms with Gasteiger partial charge in [-0.2, -0.15) is 0 Å². The highest BCUT2D eigenvalue weighted by molar-refractivity contribution is 6.02. The Hall–Kier alpha value is -1.95. The maximum Gasteiger partial charge on any atom is 0.340 e. The van der Waals surface area contributed by atoms with Crippen LogP contribution in [-0.4, -0.2) is 25.0 Å². The van der Waals surface area contributed by atoms with Crippen molar-refractivity contribution in [1.82, 2.24) is 0 Å². The zero-order valence-corrected chi connectivity index (χ0v) is 11.1. The standard InChI is InChI=1S/C13H17FN2O3/c1-7(2)11(15)12(17)16-10-5-4-8(14)6-9(10)13(18)19-3/h4-7,11H,15H2,1-3H3,(H,16,17)/t11-/m0/s1. The summed E-state index contributed by atoms with van der Waals surface area (Å²) in [4.78, 5) is 23.3. The minimum atomic E-state index is -0.729. The molecule has 0 heterocycles. The highest BCUT2D eigenvalue weighted by atomic mass is 19.1. The number of methoxy groups -OCH3 is 1. The van der Waals surface area contributed by atoms with Gasteiger partial charge in [-0.1, -0.05) is 13.8 Å². The number of esters is 1. The Kier molecular flexibility index (Phi) is 5.00. The molecule has 0 radical (unpaired) electrons. The summed E-state index contributed by atoms with van der Waals surface area (Å²) in [5.41, 5.74) is 5.82. The second-order valence-electron chi connectivity index (χ2n) is 4.44. The lowest BCUT2D eigenvalue weighted by molar-refractivity contribution is -0.118. The fourth-order valence-corrected chi connectivity index (χ4v) is 1.42. The summed E-state index contributed by atoms with van der Waals surface area (Å²) in [5, 5.41) is 2.50. The van der Waals surface area contributed by atoms with Crippen LogP contribution < -0.4 is 11.1 Å². The normalized spacial score (nSPS) is 12.1. The molecule has 104 valence electrons. The quantitative estimate of drug-likeness (QED) is 0.811. The number of anilines is 1. The topological polar surface area (TPSA) is 81.4 Å². The monoisotopic (exact) mass is 268 g/mol. The van der Waals surface area contributed by atoms with Crippen LogP contribution in [0, 0.1) is 11.7 Å². The van der Waals surface area contributed by atoms with Crippen molar-refractivity contribution in [3.63, 3.8) is 0 Å². The fraction of sp³-hybridized carbons (Fsp3) is 0.385. The number of nitrogens with two attached hydrogens (primary N) is 1. The van der Waals surface area contributed by atoms with Crippen molar-refractivity contribution in [3.8, 4) is 0 Å². The molecule has 6 heteroatoms. The molecule has 0 aliphatic heterocycles. The summed E-state index contributed by atoms with van der Waals surface area (Å²) in [6.45, 7) is 3.60. The van der Waals surface area contributed by atoms with E-state index in [4.69, 9.17) is 5.73 Å². The van der Waals surface area contributed by atoms with E-state index in [9.17, 15) is 14.0 Å². The summed E-state index contributed by atoms with van der Waals surface area (Å²) < 4.78 is 17.7. The van der Waals surface area contributed by atoms with Crippen molar-refractivity contribution in [2.45, 2.75) is 19.9 Å². The van der Waals surface area contributed by atoms with E-state index in [0.717, 1.165) is 12.1 Å². The van der Waals surface area contributed by atoms with E-state index in [-0.39, 0.29) is 17.2 Å². The zero-order chi connectivity index (χ0) is 14.6. The van der Waals surface area contributed by atoms with Gasteiger partial charge >= 0.3 is 5.97 Å². The van der Waals surface area contributed by atoms with Crippen LogP contribution in [0.4, 0.5) is 10.1 Å².